The molecule has 0 saturated heterocycles. The molecule has 0 aromatic heterocycles. The number of esters is 1. The number of carbonyl (C=O) groups is 1. The van der Waals surface area contributed by atoms with Gasteiger partial charge in [0, 0.05) is 5.92 Å². The Labute approximate surface area is 111 Å². The number of ether oxygens (including phenoxy) is 1. The maximum atomic E-state index is 11.6. The normalized spacial score (nSPS) is 31.3. The first-order valence-corrected chi connectivity index (χ1v) is 6.37. The van der Waals surface area contributed by atoms with Crippen molar-refractivity contribution in [1.82, 2.24) is 0 Å². The van der Waals surface area contributed by atoms with Crippen molar-refractivity contribution in [2.45, 2.75) is 37.9 Å². The molecule has 0 aliphatic carbocycles. The van der Waals surface area contributed by atoms with Crippen molar-refractivity contribution in [1.29, 1.82) is 0 Å². The summed E-state index contributed by atoms with van der Waals surface area (Å²) in [6.45, 7) is 7.52. The van der Waals surface area contributed by atoms with E-state index in [1.54, 1.807) is 0 Å². The van der Waals surface area contributed by atoms with E-state index in [1.165, 1.54) is 0 Å². The highest BCUT2D eigenvalue weighted by Gasteiger charge is 2.52. The van der Waals surface area contributed by atoms with Gasteiger partial charge in [0.1, 0.15) is 10.6 Å². The standard InChI is InChI=1S/C11H15Cl3O2/c1-5(2)7-8(12)11(14,6(3)4)9(13)10(15)16-7/h5-6,9H,1-4H3. The minimum Gasteiger partial charge on any atom is -0.428 e. The van der Waals surface area contributed by atoms with E-state index in [4.69, 9.17) is 39.5 Å². The number of halogens is 3. The molecule has 0 aromatic carbocycles. The molecular formula is C11H15Cl3O2. The first-order chi connectivity index (χ1) is 7.22. The van der Waals surface area contributed by atoms with Gasteiger partial charge in [0.15, 0.2) is 5.38 Å². The van der Waals surface area contributed by atoms with Crippen LogP contribution in [0.15, 0.2) is 10.8 Å². The molecule has 0 bridgehead atoms. The number of carbonyl (C=O) groups excluding carboxylic acids is 1. The molecule has 0 amide bonds. The Hall–Kier alpha value is 0.0800. The van der Waals surface area contributed by atoms with Crippen molar-refractivity contribution in [2.75, 3.05) is 0 Å². The average Bonchev–Trinajstić information content (AvgIpc) is 2.19. The minimum atomic E-state index is -1.07. The van der Waals surface area contributed by atoms with Crippen LogP contribution in [0, 0.1) is 11.8 Å². The highest BCUT2D eigenvalue weighted by Crippen LogP contribution is 2.47. The molecule has 0 radical (unpaired) electrons. The van der Waals surface area contributed by atoms with Gasteiger partial charge in [-0.25, -0.2) is 4.79 Å². The first kappa shape index (κ1) is 14.1. The lowest BCUT2D eigenvalue weighted by atomic mass is 9.87. The van der Waals surface area contributed by atoms with Crippen LogP contribution in [-0.4, -0.2) is 16.2 Å². The molecule has 1 heterocycles. The van der Waals surface area contributed by atoms with Crippen LogP contribution >= 0.6 is 34.8 Å². The van der Waals surface area contributed by atoms with E-state index in [1.807, 2.05) is 27.7 Å². The van der Waals surface area contributed by atoms with Gasteiger partial charge in [-0.3, -0.25) is 0 Å². The van der Waals surface area contributed by atoms with Crippen molar-refractivity contribution >= 4 is 40.8 Å². The lowest BCUT2D eigenvalue weighted by Gasteiger charge is -2.39. The molecule has 1 aliphatic rings. The summed E-state index contributed by atoms with van der Waals surface area (Å²) in [7, 11) is 0. The zero-order chi connectivity index (χ0) is 12.7. The topological polar surface area (TPSA) is 26.3 Å². The molecule has 1 rings (SSSR count). The summed E-state index contributed by atoms with van der Waals surface area (Å²) in [4.78, 5) is 10.6. The lowest BCUT2D eigenvalue weighted by Crippen LogP contribution is -2.48. The van der Waals surface area contributed by atoms with Gasteiger partial charge in [0.2, 0.25) is 0 Å². The van der Waals surface area contributed by atoms with Crippen molar-refractivity contribution in [3.05, 3.63) is 10.8 Å². The molecule has 2 atom stereocenters. The third-order valence-corrected chi connectivity index (χ3v) is 4.78. The van der Waals surface area contributed by atoms with E-state index in [2.05, 4.69) is 0 Å². The Morgan fingerprint density at radius 2 is 1.81 bits per heavy atom. The maximum Gasteiger partial charge on any atom is 0.331 e. The van der Waals surface area contributed by atoms with Gasteiger partial charge in [0.25, 0.3) is 0 Å². The molecular weight excluding hydrogens is 270 g/mol. The predicted molar refractivity (Wildman–Crippen MR) is 66.9 cm³/mol. The zero-order valence-corrected chi connectivity index (χ0v) is 12.0. The summed E-state index contributed by atoms with van der Waals surface area (Å²) in [5.74, 6) is -0.172. The first-order valence-electron chi connectivity index (χ1n) is 5.17. The van der Waals surface area contributed by atoms with E-state index in [0.717, 1.165) is 0 Å². The average molecular weight is 286 g/mol. The van der Waals surface area contributed by atoms with E-state index >= 15 is 0 Å². The summed E-state index contributed by atoms with van der Waals surface area (Å²) in [5, 5.41) is -0.608. The van der Waals surface area contributed by atoms with Crippen molar-refractivity contribution in [3.8, 4) is 0 Å². The van der Waals surface area contributed by atoms with E-state index in [0.29, 0.717) is 10.8 Å². The highest BCUT2D eigenvalue weighted by molar-refractivity contribution is 6.47. The highest BCUT2D eigenvalue weighted by atomic mass is 35.5. The molecule has 0 aromatic rings. The number of hydrogen-bond donors (Lipinski definition) is 0. The molecule has 92 valence electrons. The van der Waals surface area contributed by atoms with Crippen LogP contribution in [-0.2, 0) is 9.53 Å². The van der Waals surface area contributed by atoms with E-state index < -0.39 is 16.2 Å². The Bertz CT molecular complexity index is 336. The third kappa shape index (κ3) is 2.07. The third-order valence-electron chi connectivity index (χ3n) is 2.70. The summed E-state index contributed by atoms with van der Waals surface area (Å²) in [5.41, 5.74) is 0. The van der Waals surface area contributed by atoms with E-state index in [-0.39, 0.29) is 11.8 Å². The van der Waals surface area contributed by atoms with Crippen molar-refractivity contribution < 1.29 is 9.53 Å². The second kappa shape index (κ2) is 4.75. The Morgan fingerprint density at radius 3 is 2.19 bits per heavy atom. The van der Waals surface area contributed by atoms with E-state index in [9.17, 15) is 4.79 Å². The largest absolute Gasteiger partial charge is 0.428 e. The Kier molecular flexibility index (Phi) is 4.20. The van der Waals surface area contributed by atoms with Gasteiger partial charge in [0.05, 0.1) is 5.03 Å². The maximum absolute atomic E-state index is 11.6. The molecule has 0 saturated carbocycles. The monoisotopic (exact) mass is 284 g/mol. The molecule has 5 heteroatoms. The summed E-state index contributed by atoms with van der Waals surface area (Å²) < 4.78 is 5.11. The summed E-state index contributed by atoms with van der Waals surface area (Å²) >= 11 is 18.7. The molecule has 0 fully saturated rings. The van der Waals surface area contributed by atoms with Crippen LogP contribution in [0.2, 0.25) is 0 Å². The fourth-order valence-corrected chi connectivity index (χ4v) is 2.82. The van der Waals surface area contributed by atoms with Crippen LogP contribution in [0.1, 0.15) is 27.7 Å². The van der Waals surface area contributed by atoms with Crippen LogP contribution in [0.5, 0.6) is 0 Å². The van der Waals surface area contributed by atoms with Crippen molar-refractivity contribution in [3.63, 3.8) is 0 Å². The molecule has 0 spiro atoms. The SMILES string of the molecule is CC(C)C1=C(Cl)C(Cl)(C(C)C)C(Cl)C(=O)O1. The number of cyclic esters (lactones) is 1. The summed E-state index contributed by atoms with van der Waals surface area (Å²) in [6.07, 6.45) is 0. The summed E-state index contributed by atoms with van der Waals surface area (Å²) in [6, 6.07) is 0. The fourth-order valence-electron chi connectivity index (χ4n) is 1.59. The molecule has 2 unspecified atom stereocenters. The Morgan fingerprint density at radius 1 is 1.31 bits per heavy atom. The van der Waals surface area contributed by atoms with Crippen LogP contribution in [0.4, 0.5) is 0 Å². The molecule has 16 heavy (non-hydrogen) atoms. The molecule has 2 nitrogen and oxygen atoms in total. The smallest absolute Gasteiger partial charge is 0.331 e. The van der Waals surface area contributed by atoms with Gasteiger partial charge >= 0.3 is 5.97 Å². The molecule has 1 aliphatic heterocycles. The van der Waals surface area contributed by atoms with Crippen LogP contribution in [0.25, 0.3) is 0 Å². The number of hydrogen-bond acceptors (Lipinski definition) is 2. The van der Waals surface area contributed by atoms with Crippen LogP contribution < -0.4 is 0 Å². The second-order valence-corrected chi connectivity index (χ2v) is 5.98. The van der Waals surface area contributed by atoms with Gasteiger partial charge in [-0.05, 0) is 5.92 Å². The van der Waals surface area contributed by atoms with Gasteiger partial charge in [-0.1, -0.05) is 39.3 Å². The number of alkyl halides is 2. The van der Waals surface area contributed by atoms with Gasteiger partial charge in [-0.15, -0.1) is 23.2 Å². The van der Waals surface area contributed by atoms with Crippen LogP contribution in [0.3, 0.4) is 0 Å². The number of allylic oxidation sites excluding steroid dienone is 2. The Balaban J connectivity index is 3.33. The number of rotatable bonds is 2. The second-order valence-electron chi connectivity index (χ2n) is 4.54. The van der Waals surface area contributed by atoms with Gasteiger partial charge < -0.3 is 4.74 Å². The minimum absolute atomic E-state index is 0.00232. The fraction of sp³-hybridized carbons (Fsp3) is 0.727. The van der Waals surface area contributed by atoms with Crippen molar-refractivity contribution in [2.24, 2.45) is 11.8 Å². The predicted octanol–water partition coefficient (Wildman–Crippen LogP) is 3.89. The van der Waals surface area contributed by atoms with Gasteiger partial charge in [-0.2, -0.15) is 0 Å². The molecule has 0 N–H and O–H groups in total. The zero-order valence-electron chi connectivity index (χ0n) is 9.68. The quantitative estimate of drug-likeness (QED) is 0.568. The lowest BCUT2D eigenvalue weighted by molar-refractivity contribution is -0.142.